The summed E-state index contributed by atoms with van der Waals surface area (Å²) in [5.41, 5.74) is 1.17. The molecule has 1 aromatic heterocycles. The average Bonchev–Trinajstić information content (AvgIpc) is 3.93. The highest BCUT2D eigenvalue weighted by molar-refractivity contribution is 6.31. The number of benzene rings is 2. The summed E-state index contributed by atoms with van der Waals surface area (Å²) in [7, 11) is 0. The van der Waals surface area contributed by atoms with Gasteiger partial charge in [0.15, 0.2) is 0 Å². The van der Waals surface area contributed by atoms with Crippen LogP contribution in [0.4, 0.5) is 15.9 Å². The summed E-state index contributed by atoms with van der Waals surface area (Å²) >= 11 is 6.15. The van der Waals surface area contributed by atoms with E-state index in [1.807, 2.05) is 4.90 Å². The summed E-state index contributed by atoms with van der Waals surface area (Å²) in [6, 6.07) is 8.60. The van der Waals surface area contributed by atoms with Crippen molar-refractivity contribution in [2.75, 3.05) is 55.6 Å². The summed E-state index contributed by atoms with van der Waals surface area (Å²) in [6.07, 6.45) is 10.3. The number of nitriles is 1. The lowest BCUT2D eigenvalue weighted by molar-refractivity contribution is -0.136. The number of hydrogen-bond donors (Lipinski definition) is 2. The van der Waals surface area contributed by atoms with Crippen LogP contribution >= 0.6 is 11.6 Å². The number of ether oxygens (including phenoxy) is 1. The number of piperidine rings is 2. The monoisotopic (exact) mass is 851 g/mol. The fourth-order valence-corrected chi connectivity index (χ4v) is 10.3. The Morgan fingerprint density at radius 3 is 2.38 bits per heavy atom. The van der Waals surface area contributed by atoms with Gasteiger partial charge in [-0.2, -0.15) is 5.26 Å². The van der Waals surface area contributed by atoms with Crippen LogP contribution < -0.4 is 25.2 Å². The van der Waals surface area contributed by atoms with Crippen LogP contribution in [0.15, 0.2) is 42.7 Å². The smallest absolute Gasteiger partial charge is 0.271 e. The van der Waals surface area contributed by atoms with Crippen molar-refractivity contribution in [3.05, 3.63) is 75.9 Å². The first kappa shape index (κ1) is 40.7. The van der Waals surface area contributed by atoms with Gasteiger partial charge in [-0.1, -0.05) is 11.6 Å². The summed E-state index contributed by atoms with van der Waals surface area (Å²) in [5.74, 6) is -1.47. The molecule has 2 aromatic carbocycles. The Labute approximate surface area is 357 Å². The zero-order valence-electron chi connectivity index (χ0n) is 33.7. The first-order valence-corrected chi connectivity index (χ1v) is 21.6. The van der Waals surface area contributed by atoms with Gasteiger partial charge in [-0.05, 0) is 94.5 Å². The third-order valence-corrected chi connectivity index (χ3v) is 13.8. The molecule has 6 heterocycles. The minimum atomic E-state index is -1.10. The van der Waals surface area contributed by atoms with E-state index >= 15 is 4.39 Å². The zero-order chi connectivity index (χ0) is 42.4. The van der Waals surface area contributed by atoms with Gasteiger partial charge >= 0.3 is 0 Å². The molecule has 15 nitrogen and oxygen atoms in total. The third kappa shape index (κ3) is 8.25. The molecule has 2 unspecified atom stereocenters. The Kier molecular flexibility index (Phi) is 11.1. The highest BCUT2D eigenvalue weighted by Crippen LogP contribution is 2.42. The third-order valence-electron chi connectivity index (χ3n) is 13.5. The molecule has 2 atom stereocenters. The zero-order valence-corrected chi connectivity index (χ0v) is 34.5. The van der Waals surface area contributed by atoms with Gasteiger partial charge in [0.05, 0.1) is 45.9 Å². The molecule has 5 aliphatic heterocycles. The maximum Gasteiger partial charge on any atom is 0.271 e. The number of amides is 5. The first-order valence-electron chi connectivity index (χ1n) is 21.2. The Balaban J connectivity index is 0.720. The van der Waals surface area contributed by atoms with Crippen LogP contribution in [0, 0.1) is 28.5 Å². The standard InChI is InChI=1S/C44H47ClFN9O6/c45-33-17-30(4-1-27(33)20-47)61-29-5-2-28(3-6-29)50-40(57)35-21-49-38(22-48-35)54-16-12-44(25-54)11-15-52(24-44)23-26-9-13-53(14-10-26)37-19-32-31(18-34(37)46)42(59)55(43(32)60)36-7-8-39(56)51-41(36)58/h1,4,17-19,21-22,26,28-29,36H,2-3,5-16,23-25H2,(H,50,57)(H,51,56,58)/t28-,29-,36?,44?. The number of rotatable bonds is 9. The van der Waals surface area contributed by atoms with Gasteiger partial charge in [-0.3, -0.25) is 34.2 Å². The topological polar surface area (TPSA) is 181 Å². The van der Waals surface area contributed by atoms with Crippen molar-refractivity contribution in [2.24, 2.45) is 11.3 Å². The van der Waals surface area contributed by atoms with E-state index in [9.17, 15) is 24.0 Å². The number of carbonyl (C=O) groups is 5. The second-order valence-corrected chi connectivity index (χ2v) is 17.9. The lowest BCUT2D eigenvalue weighted by Crippen LogP contribution is -2.54. The molecule has 4 saturated heterocycles. The second-order valence-electron chi connectivity index (χ2n) is 17.5. The van der Waals surface area contributed by atoms with Crippen molar-refractivity contribution in [1.29, 1.82) is 5.26 Å². The summed E-state index contributed by atoms with van der Waals surface area (Å²) in [5, 5.41) is 14.8. The highest BCUT2D eigenvalue weighted by Gasteiger charge is 2.46. The maximum absolute atomic E-state index is 15.5. The van der Waals surface area contributed by atoms with Crippen molar-refractivity contribution in [2.45, 2.75) is 82.4 Å². The molecule has 61 heavy (non-hydrogen) atoms. The molecule has 1 saturated carbocycles. The van der Waals surface area contributed by atoms with Crippen molar-refractivity contribution in [3.63, 3.8) is 0 Å². The quantitative estimate of drug-likeness (QED) is 0.289. The van der Waals surface area contributed by atoms with Crippen LogP contribution in [0.5, 0.6) is 5.75 Å². The SMILES string of the molecule is N#Cc1ccc(O[C@H]2CC[C@H](NC(=O)c3cnc(N4CCC5(CCN(CC6CCN(c7cc8c(cc7F)C(=O)N(C7CCC(=O)NC7=O)C8=O)CC6)C5)C4)cn3)CC2)cc1Cl. The molecule has 318 valence electrons. The van der Waals surface area contributed by atoms with Crippen molar-refractivity contribution in [3.8, 4) is 11.8 Å². The minimum absolute atomic E-state index is 0.00899. The summed E-state index contributed by atoms with van der Waals surface area (Å²) < 4.78 is 21.6. The number of nitrogens with one attached hydrogen (secondary N) is 2. The largest absolute Gasteiger partial charge is 0.490 e. The molecule has 5 amide bonds. The molecule has 1 aliphatic carbocycles. The van der Waals surface area contributed by atoms with Crippen LogP contribution in [0.25, 0.3) is 0 Å². The minimum Gasteiger partial charge on any atom is -0.490 e. The van der Waals surface area contributed by atoms with E-state index in [-0.39, 0.29) is 53.1 Å². The molecule has 1 spiro atoms. The molecule has 2 N–H and O–H groups in total. The number of likely N-dealkylation sites (tertiary alicyclic amines) is 1. The summed E-state index contributed by atoms with van der Waals surface area (Å²) in [6.45, 7) is 5.94. The molecule has 5 fully saturated rings. The van der Waals surface area contributed by atoms with Gasteiger partial charge in [-0.25, -0.2) is 14.4 Å². The Morgan fingerprint density at radius 2 is 1.67 bits per heavy atom. The highest BCUT2D eigenvalue weighted by atomic mass is 35.5. The number of anilines is 2. The van der Waals surface area contributed by atoms with E-state index in [4.69, 9.17) is 21.6 Å². The van der Waals surface area contributed by atoms with Crippen LogP contribution in [-0.4, -0.2) is 113 Å². The fraction of sp³-hybridized carbons (Fsp3) is 0.500. The molecular weight excluding hydrogens is 805 g/mol. The molecular formula is C44H47ClFN9O6. The van der Waals surface area contributed by atoms with Gasteiger partial charge in [0.2, 0.25) is 11.8 Å². The first-order chi connectivity index (χ1) is 29.5. The number of carbonyl (C=O) groups excluding carboxylic acids is 5. The van der Waals surface area contributed by atoms with E-state index in [2.05, 4.69) is 36.5 Å². The molecule has 3 aromatic rings. The number of halogens is 2. The normalized spacial score (nSPS) is 25.9. The van der Waals surface area contributed by atoms with Crippen molar-refractivity contribution < 1.29 is 33.1 Å². The second kappa shape index (κ2) is 16.7. The van der Waals surface area contributed by atoms with Gasteiger partial charge in [0, 0.05) is 63.2 Å². The van der Waals surface area contributed by atoms with E-state index in [1.54, 1.807) is 30.6 Å². The predicted molar refractivity (Wildman–Crippen MR) is 221 cm³/mol. The van der Waals surface area contributed by atoms with Gasteiger partial charge in [0.25, 0.3) is 17.7 Å². The maximum atomic E-state index is 15.5. The fourth-order valence-electron chi connectivity index (χ4n) is 10.1. The van der Waals surface area contributed by atoms with Crippen LogP contribution in [0.3, 0.4) is 0 Å². The van der Waals surface area contributed by atoms with Crippen molar-refractivity contribution >= 4 is 52.6 Å². The molecule has 0 radical (unpaired) electrons. The molecule has 0 bridgehead atoms. The predicted octanol–water partition coefficient (Wildman–Crippen LogP) is 4.48. The number of fused-ring (bicyclic) bond motifs is 1. The number of hydrogen-bond acceptors (Lipinski definition) is 12. The van der Waals surface area contributed by atoms with E-state index in [1.165, 1.54) is 6.07 Å². The van der Waals surface area contributed by atoms with E-state index in [0.717, 1.165) is 101 Å². The Hall–Kier alpha value is -5.66. The molecule has 9 rings (SSSR count). The number of nitrogens with zero attached hydrogens (tertiary/aromatic N) is 7. The summed E-state index contributed by atoms with van der Waals surface area (Å²) in [4.78, 5) is 80.5. The molecule has 6 aliphatic rings. The average molecular weight is 852 g/mol. The van der Waals surface area contributed by atoms with Crippen molar-refractivity contribution in [1.82, 2.24) is 30.4 Å². The van der Waals surface area contributed by atoms with Crippen LogP contribution in [0.1, 0.15) is 101 Å². The number of imide groups is 2. The molecule has 17 heteroatoms. The number of aromatic nitrogens is 2. The van der Waals surface area contributed by atoms with Gasteiger partial charge in [0.1, 0.15) is 35.2 Å². The lowest BCUT2D eigenvalue weighted by Gasteiger charge is -2.36. The van der Waals surface area contributed by atoms with E-state index in [0.29, 0.717) is 41.0 Å². The lowest BCUT2D eigenvalue weighted by atomic mass is 9.86. The Bertz CT molecular complexity index is 2310. The van der Waals surface area contributed by atoms with E-state index < -0.39 is 35.5 Å². The Morgan fingerprint density at radius 1 is 0.918 bits per heavy atom. The van der Waals surface area contributed by atoms with Crippen LogP contribution in [-0.2, 0) is 9.59 Å². The van der Waals surface area contributed by atoms with Crippen LogP contribution in [0.2, 0.25) is 5.02 Å². The van der Waals surface area contributed by atoms with Gasteiger partial charge < -0.3 is 24.8 Å². The van der Waals surface area contributed by atoms with Gasteiger partial charge in [-0.15, -0.1) is 0 Å².